The van der Waals surface area contributed by atoms with Gasteiger partial charge >= 0.3 is 0 Å². The molecule has 162 valence electrons. The topological polar surface area (TPSA) is 82.5 Å². The predicted octanol–water partition coefficient (Wildman–Crippen LogP) is 3.70. The summed E-state index contributed by atoms with van der Waals surface area (Å²) >= 11 is 0. The number of hydrogen-bond acceptors (Lipinski definition) is 5. The first-order valence-corrected chi connectivity index (χ1v) is 10.7. The molecule has 1 aliphatic rings. The van der Waals surface area contributed by atoms with E-state index in [2.05, 4.69) is 10.4 Å². The van der Waals surface area contributed by atoms with Gasteiger partial charge in [0.15, 0.2) is 17.2 Å². The first-order chi connectivity index (χ1) is 15.0. The standard InChI is InChI=1S/C24H27N3O4/c1-4-11-27-24(29)18-8-6-5-7-17(18)22(26-27)23(28)25-21(15(2)3)16-9-10-19-20(14-16)31-13-12-30-19/h5-10,14-15,21H,4,11-13H2,1-3H3,(H,25,28). The smallest absolute Gasteiger partial charge is 0.274 e. The average molecular weight is 421 g/mol. The van der Waals surface area contributed by atoms with Crippen molar-refractivity contribution in [3.05, 3.63) is 64.1 Å². The minimum absolute atomic E-state index is 0.124. The molecule has 7 heteroatoms. The Hall–Kier alpha value is -3.35. The lowest BCUT2D eigenvalue weighted by atomic mass is 9.95. The number of benzene rings is 2. The van der Waals surface area contributed by atoms with E-state index in [4.69, 9.17) is 9.47 Å². The molecule has 4 rings (SSSR count). The van der Waals surface area contributed by atoms with E-state index in [-0.39, 0.29) is 29.1 Å². The molecule has 1 aromatic heterocycles. The molecule has 2 heterocycles. The van der Waals surface area contributed by atoms with Gasteiger partial charge in [-0.25, -0.2) is 4.68 Å². The summed E-state index contributed by atoms with van der Waals surface area (Å²) in [4.78, 5) is 26.1. The molecule has 0 radical (unpaired) electrons. The first kappa shape index (κ1) is 20.9. The van der Waals surface area contributed by atoms with Crippen molar-refractivity contribution in [1.82, 2.24) is 15.1 Å². The molecule has 1 aliphatic heterocycles. The third-order valence-electron chi connectivity index (χ3n) is 5.40. The van der Waals surface area contributed by atoms with Gasteiger partial charge in [-0.3, -0.25) is 9.59 Å². The number of hydrogen-bond donors (Lipinski definition) is 1. The van der Waals surface area contributed by atoms with Crippen molar-refractivity contribution in [2.24, 2.45) is 5.92 Å². The number of nitrogens with one attached hydrogen (secondary N) is 1. The van der Waals surface area contributed by atoms with Crippen LogP contribution >= 0.6 is 0 Å². The lowest BCUT2D eigenvalue weighted by molar-refractivity contribution is 0.0919. The van der Waals surface area contributed by atoms with E-state index in [0.29, 0.717) is 42.0 Å². The van der Waals surface area contributed by atoms with Crippen molar-refractivity contribution < 1.29 is 14.3 Å². The summed E-state index contributed by atoms with van der Waals surface area (Å²) in [6.07, 6.45) is 0.748. The van der Waals surface area contributed by atoms with E-state index in [9.17, 15) is 9.59 Å². The van der Waals surface area contributed by atoms with Gasteiger partial charge in [0.25, 0.3) is 11.5 Å². The summed E-state index contributed by atoms with van der Waals surface area (Å²) in [5.74, 6) is 1.21. The molecule has 0 aliphatic carbocycles. The Kier molecular flexibility index (Phi) is 5.93. The normalized spacial score (nSPS) is 13.9. The van der Waals surface area contributed by atoms with Gasteiger partial charge in [0, 0.05) is 11.9 Å². The second kappa shape index (κ2) is 8.79. The molecule has 1 N–H and O–H groups in total. The fourth-order valence-electron chi connectivity index (χ4n) is 3.86. The Morgan fingerprint density at radius 2 is 1.81 bits per heavy atom. The third-order valence-corrected chi connectivity index (χ3v) is 5.40. The first-order valence-electron chi connectivity index (χ1n) is 10.7. The molecule has 0 saturated heterocycles. The van der Waals surface area contributed by atoms with E-state index in [1.54, 1.807) is 18.2 Å². The van der Waals surface area contributed by atoms with Crippen LogP contribution in [0.1, 0.15) is 49.3 Å². The fourth-order valence-corrected chi connectivity index (χ4v) is 3.86. The van der Waals surface area contributed by atoms with Gasteiger partial charge in [-0.1, -0.05) is 45.0 Å². The predicted molar refractivity (Wildman–Crippen MR) is 119 cm³/mol. The zero-order chi connectivity index (χ0) is 22.0. The van der Waals surface area contributed by atoms with Crippen molar-refractivity contribution in [3.8, 4) is 11.5 Å². The second-order valence-corrected chi connectivity index (χ2v) is 8.02. The lowest BCUT2D eigenvalue weighted by Gasteiger charge is -2.25. The van der Waals surface area contributed by atoms with E-state index < -0.39 is 0 Å². The van der Waals surface area contributed by atoms with Crippen molar-refractivity contribution in [2.45, 2.75) is 39.8 Å². The largest absolute Gasteiger partial charge is 0.486 e. The summed E-state index contributed by atoms with van der Waals surface area (Å²) in [6, 6.07) is 12.6. The summed E-state index contributed by atoms with van der Waals surface area (Å²) in [5, 5.41) is 8.59. The number of nitrogens with zero attached hydrogens (tertiary/aromatic N) is 2. The zero-order valence-corrected chi connectivity index (χ0v) is 18.1. The highest BCUT2D eigenvalue weighted by Gasteiger charge is 2.24. The molecule has 0 bridgehead atoms. The molecule has 7 nitrogen and oxygen atoms in total. The van der Waals surface area contributed by atoms with Crippen LogP contribution in [0.3, 0.4) is 0 Å². The molecule has 1 atom stereocenters. The van der Waals surface area contributed by atoms with Crippen LogP contribution in [0.15, 0.2) is 47.3 Å². The average Bonchev–Trinajstić information content (AvgIpc) is 2.78. The lowest BCUT2D eigenvalue weighted by Crippen LogP contribution is -2.35. The van der Waals surface area contributed by atoms with E-state index in [0.717, 1.165) is 12.0 Å². The Balaban J connectivity index is 1.71. The quantitative estimate of drug-likeness (QED) is 0.656. The molecule has 3 aromatic rings. The third kappa shape index (κ3) is 4.13. The number of carbonyl (C=O) groups is 1. The molecule has 0 spiro atoms. The molecule has 2 aromatic carbocycles. The van der Waals surface area contributed by atoms with Crippen molar-refractivity contribution in [1.29, 1.82) is 0 Å². The molecule has 31 heavy (non-hydrogen) atoms. The number of fused-ring (bicyclic) bond motifs is 2. The van der Waals surface area contributed by atoms with Gasteiger partial charge in [0.2, 0.25) is 0 Å². The highest BCUT2D eigenvalue weighted by Crippen LogP contribution is 2.34. The molecular weight excluding hydrogens is 394 g/mol. The fraction of sp³-hybridized carbons (Fsp3) is 0.375. The van der Waals surface area contributed by atoms with Crippen LogP contribution in [0.2, 0.25) is 0 Å². The van der Waals surface area contributed by atoms with Crippen molar-refractivity contribution in [2.75, 3.05) is 13.2 Å². The monoisotopic (exact) mass is 421 g/mol. The van der Waals surface area contributed by atoms with E-state index in [1.807, 2.05) is 45.0 Å². The highest BCUT2D eigenvalue weighted by molar-refractivity contribution is 6.04. The molecule has 0 fully saturated rings. The van der Waals surface area contributed by atoms with Crippen LogP contribution in [0.5, 0.6) is 11.5 Å². The van der Waals surface area contributed by atoms with Crippen LogP contribution in [0.25, 0.3) is 10.8 Å². The SMILES string of the molecule is CCCn1nc(C(=O)NC(c2ccc3c(c2)OCCO3)C(C)C)c2ccccc2c1=O. The summed E-state index contributed by atoms with van der Waals surface area (Å²) in [6.45, 7) is 7.56. The van der Waals surface area contributed by atoms with Crippen LogP contribution in [0, 0.1) is 5.92 Å². The van der Waals surface area contributed by atoms with Gasteiger partial charge in [-0.05, 0) is 36.1 Å². The number of carbonyl (C=O) groups excluding carboxylic acids is 1. The maximum atomic E-state index is 13.4. The Bertz CT molecular complexity index is 1170. The minimum atomic E-state index is -0.311. The van der Waals surface area contributed by atoms with Gasteiger partial charge in [-0.15, -0.1) is 0 Å². The second-order valence-electron chi connectivity index (χ2n) is 8.02. The number of ether oxygens (including phenoxy) is 2. The maximum absolute atomic E-state index is 13.4. The summed E-state index contributed by atoms with van der Waals surface area (Å²) in [5.41, 5.74) is 1.01. The van der Waals surface area contributed by atoms with Crippen LogP contribution in [-0.2, 0) is 6.54 Å². The molecule has 1 amide bonds. The van der Waals surface area contributed by atoms with Gasteiger partial charge in [0.1, 0.15) is 13.2 Å². The van der Waals surface area contributed by atoms with Crippen molar-refractivity contribution in [3.63, 3.8) is 0 Å². The van der Waals surface area contributed by atoms with Crippen LogP contribution in [-0.4, -0.2) is 28.9 Å². The number of aromatic nitrogens is 2. The van der Waals surface area contributed by atoms with Crippen LogP contribution < -0.4 is 20.3 Å². The summed E-state index contributed by atoms with van der Waals surface area (Å²) in [7, 11) is 0. The zero-order valence-electron chi connectivity index (χ0n) is 18.1. The molecular formula is C24H27N3O4. The minimum Gasteiger partial charge on any atom is -0.486 e. The van der Waals surface area contributed by atoms with E-state index in [1.165, 1.54) is 4.68 Å². The maximum Gasteiger partial charge on any atom is 0.274 e. The number of rotatable bonds is 6. The highest BCUT2D eigenvalue weighted by atomic mass is 16.6. The van der Waals surface area contributed by atoms with Gasteiger partial charge in [0.05, 0.1) is 11.4 Å². The Morgan fingerprint density at radius 1 is 1.10 bits per heavy atom. The molecule has 0 saturated carbocycles. The Morgan fingerprint density at radius 3 is 2.52 bits per heavy atom. The molecule has 1 unspecified atom stereocenters. The Labute approximate surface area is 181 Å². The van der Waals surface area contributed by atoms with Gasteiger partial charge in [-0.2, -0.15) is 5.10 Å². The van der Waals surface area contributed by atoms with Gasteiger partial charge < -0.3 is 14.8 Å². The van der Waals surface area contributed by atoms with Crippen molar-refractivity contribution >= 4 is 16.7 Å². The van der Waals surface area contributed by atoms with Crippen LogP contribution in [0.4, 0.5) is 0 Å². The summed E-state index contributed by atoms with van der Waals surface area (Å²) < 4.78 is 12.7. The van der Waals surface area contributed by atoms with E-state index >= 15 is 0 Å². The number of amides is 1. The number of aryl methyl sites for hydroxylation is 1.